The van der Waals surface area contributed by atoms with Gasteiger partial charge in [0.05, 0.1) is 11.5 Å². The van der Waals surface area contributed by atoms with Crippen LogP contribution < -0.4 is 0 Å². The van der Waals surface area contributed by atoms with E-state index in [-0.39, 0.29) is 24.6 Å². The Balaban J connectivity index is 2.22. The summed E-state index contributed by atoms with van der Waals surface area (Å²) in [6, 6.07) is 0. The van der Waals surface area contributed by atoms with Crippen LogP contribution in [0.4, 0.5) is 0 Å². The van der Waals surface area contributed by atoms with E-state index in [0.717, 1.165) is 8.28 Å². The maximum atomic E-state index is 11.9. The van der Waals surface area contributed by atoms with Crippen LogP contribution in [0.15, 0.2) is 18.7 Å². The van der Waals surface area contributed by atoms with Gasteiger partial charge in [-0.3, -0.25) is 0 Å². The van der Waals surface area contributed by atoms with E-state index in [1.807, 2.05) is 0 Å². The van der Waals surface area contributed by atoms with Gasteiger partial charge in [0.25, 0.3) is 0 Å². The van der Waals surface area contributed by atoms with E-state index < -0.39 is 20.0 Å². The first-order chi connectivity index (χ1) is 7.42. The van der Waals surface area contributed by atoms with Gasteiger partial charge >= 0.3 is 10.2 Å². The zero-order valence-electron chi connectivity index (χ0n) is 8.35. The van der Waals surface area contributed by atoms with Crippen molar-refractivity contribution in [2.24, 2.45) is 0 Å². The molecule has 2 rings (SSSR count). The second kappa shape index (κ2) is 3.82. The Morgan fingerprint density at radius 1 is 1.19 bits per heavy atom. The summed E-state index contributed by atoms with van der Waals surface area (Å²) >= 11 is 0. The predicted molar refractivity (Wildman–Crippen MR) is 56.8 cm³/mol. The lowest BCUT2D eigenvalue weighted by Gasteiger charge is -2.25. The van der Waals surface area contributed by atoms with Gasteiger partial charge in [-0.1, -0.05) is 0 Å². The van der Waals surface area contributed by atoms with Crippen LogP contribution in [-0.2, 0) is 20.0 Å². The molecule has 1 aromatic heterocycles. The summed E-state index contributed by atoms with van der Waals surface area (Å²) in [5.74, 6) is -0.248. The maximum absolute atomic E-state index is 11.9. The number of sulfone groups is 1. The van der Waals surface area contributed by atoms with Crippen molar-refractivity contribution in [3.63, 3.8) is 0 Å². The molecule has 1 saturated heterocycles. The fraction of sp³-hybridized carbons (Fsp3) is 0.571. The standard InChI is InChI=1S/C7H11N3O4S2/c11-15(12)5-3-9(4-6-15)16(13,14)10-2-1-8-7-10/h1-2,7H,3-6H2. The van der Waals surface area contributed by atoms with Gasteiger partial charge in [0.15, 0.2) is 9.84 Å². The fourth-order valence-electron chi connectivity index (χ4n) is 1.44. The van der Waals surface area contributed by atoms with E-state index in [4.69, 9.17) is 0 Å². The number of imidazole rings is 1. The van der Waals surface area contributed by atoms with Gasteiger partial charge in [0, 0.05) is 25.5 Å². The maximum Gasteiger partial charge on any atom is 0.308 e. The first-order valence-electron chi connectivity index (χ1n) is 4.61. The van der Waals surface area contributed by atoms with Gasteiger partial charge in [-0.25, -0.2) is 17.4 Å². The van der Waals surface area contributed by atoms with Crippen molar-refractivity contribution < 1.29 is 16.8 Å². The highest BCUT2D eigenvalue weighted by Gasteiger charge is 2.30. The molecule has 0 aromatic carbocycles. The third kappa shape index (κ3) is 2.11. The van der Waals surface area contributed by atoms with Crippen molar-refractivity contribution in [1.82, 2.24) is 13.3 Å². The monoisotopic (exact) mass is 265 g/mol. The average molecular weight is 265 g/mol. The Morgan fingerprint density at radius 3 is 2.31 bits per heavy atom. The number of hydrogen-bond acceptors (Lipinski definition) is 5. The van der Waals surface area contributed by atoms with Gasteiger partial charge in [0.1, 0.15) is 6.33 Å². The molecule has 0 radical (unpaired) electrons. The highest BCUT2D eigenvalue weighted by molar-refractivity contribution is 7.92. The molecule has 0 N–H and O–H groups in total. The van der Waals surface area contributed by atoms with Gasteiger partial charge in [0.2, 0.25) is 0 Å². The molecular weight excluding hydrogens is 254 g/mol. The van der Waals surface area contributed by atoms with Crippen LogP contribution in [0.25, 0.3) is 0 Å². The summed E-state index contributed by atoms with van der Waals surface area (Å²) < 4.78 is 48.3. The van der Waals surface area contributed by atoms with Gasteiger partial charge in [-0.05, 0) is 0 Å². The molecule has 0 unspecified atom stereocenters. The molecule has 0 atom stereocenters. The number of aromatic nitrogens is 2. The number of hydrogen-bond donors (Lipinski definition) is 0. The molecule has 1 aromatic rings. The van der Waals surface area contributed by atoms with Gasteiger partial charge < -0.3 is 0 Å². The minimum Gasteiger partial charge on any atom is -0.244 e. The fourth-order valence-corrected chi connectivity index (χ4v) is 4.17. The molecule has 90 valence electrons. The Bertz CT molecular complexity index is 547. The molecule has 1 aliphatic heterocycles. The minimum absolute atomic E-state index is 0.00282. The largest absolute Gasteiger partial charge is 0.308 e. The smallest absolute Gasteiger partial charge is 0.244 e. The van der Waals surface area contributed by atoms with Crippen molar-refractivity contribution in [1.29, 1.82) is 0 Å². The van der Waals surface area contributed by atoms with Crippen LogP contribution in [0, 0.1) is 0 Å². The minimum atomic E-state index is -3.65. The van der Waals surface area contributed by atoms with Gasteiger partial charge in [-0.15, -0.1) is 0 Å². The van der Waals surface area contributed by atoms with Crippen LogP contribution >= 0.6 is 0 Å². The lowest BCUT2D eigenvalue weighted by molar-refractivity contribution is 0.424. The summed E-state index contributed by atoms with van der Waals surface area (Å²) in [4.78, 5) is 3.65. The zero-order chi connectivity index (χ0) is 11.8. The predicted octanol–water partition coefficient (Wildman–Crippen LogP) is -1.29. The van der Waals surface area contributed by atoms with E-state index in [0.29, 0.717) is 0 Å². The van der Waals surface area contributed by atoms with E-state index in [9.17, 15) is 16.8 Å². The highest BCUT2D eigenvalue weighted by Crippen LogP contribution is 2.10. The van der Waals surface area contributed by atoms with Crippen molar-refractivity contribution in [3.8, 4) is 0 Å². The molecule has 0 bridgehead atoms. The molecule has 16 heavy (non-hydrogen) atoms. The van der Waals surface area contributed by atoms with Crippen LogP contribution in [0.3, 0.4) is 0 Å². The van der Waals surface area contributed by atoms with Crippen molar-refractivity contribution in [2.75, 3.05) is 24.6 Å². The second-order valence-electron chi connectivity index (χ2n) is 3.45. The first kappa shape index (κ1) is 11.6. The molecule has 0 amide bonds. The second-order valence-corrected chi connectivity index (χ2v) is 7.59. The van der Waals surface area contributed by atoms with Crippen LogP contribution in [0.2, 0.25) is 0 Å². The highest BCUT2D eigenvalue weighted by atomic mass is 32.2. The summed E-state index contributed by atoms with van der Waals surface area (Å²) in [5.41, 5.74) is 0. The molecule has 0 saturated carbocycles. The SMILES string of the molecule is O=S1(=O)CCN(S(=O)(=O)n2ccnc2)CC1. The van der Waals surface area contributed by atoms with E-state index in [1.54, 1.807) is 0 Å². The number of rotatable bonds is 2. The van der Waals surface area contributed by atoms with E-state index in [2.05, 4.69) is 4.98 Å². The zero-order valence-corrected chi connectivity index (χ0v) is 9.98. The Labute approximate surface area is 93.8 Å². The molecule has 1 aliphatic rings. The topological polar surface area (TPSA) is 89.3 Å². The third-order valence-electron chi connectivity index (χ3n) is 2.38. The Hall–Kier alpha value is -0.930. The summed E-state index contributed by atoms with van der Waals surface area (Å²) in [5, 5.41) is 0. The third-order valence-corrected chi connectivity index (χ3v) is 5.75. The summed E-state index contributed by atoms with van der Waals surface area (Å²) in [6.45, 7) is 0.00565. The number of nitrogens with zero attached hydrogens (tertiary/aromatic N) is 3. The lowest BCUT2D eigenvalue weighted by atomic mass is 10.6. The van der Waals surface area contributed by atoms with Crippen LogP contribution in [0.5, 0.6) is 0 Å². The van der Waals surface area contributed by atoms with Crippen LogP contribution in [-0.4, -0.2) is 54.7 Å². The van der Waals surface area contributed by atoms with Crippen molar-refractivity contribution in [2.45, 2.75) is 0 Å². The van der Waals surface area contributed by atoms with Crippen molar-refractivity contribution in [3.05, 3.63) is 18.7 Å². The molecule has 0 aliphatic carbocycles. The summed E-state index contributed by atoms with van der Waals surface area (Å²) in [7, 11) is -6.72. The molecule has 9 heteroatoms. The lowest BCUT2D eigenvalue weighted by Crippen LogP contribution is -2.45. The summed E-state index contributed by atoms with van der Waals surface area (Å²) in [6.07, 6.45) is 3.86. The van der Waals surface area contributed by atoms with E-state index in [1.165, 1.54) is 18.7 Å². The quantitative estimate of drug-likeness (QED) is 0.663. The molecule has 7 nitrogen and oxygen atoms in total. The van der Waals surface area contributed by atoms with Crippen molar-refractivity contribution >= 4 is 20.0 Å². The average Bonchev–Trinajstić information content (AvgIpc) is 2.70. The molecule has 0 spiro atoms. The van der Waals surface area contributed by atoms with E-state index >= 15 is 0 Å². The Kier molecular flexibility index (Phi) is 2.76. The molecule has 1 fully saturated rings. The molecular formula is C7H11N3O4S2. The van der Waals surface area contributed by atoms with Gasteiger partial charge in [-0.2, -0.15) is 12.7 Å². The van der Waals surface area contributed by atoms with Crippen LogP contribution in [0.1, 0.15) is 0 Å². The molecule has 2 heterocycles. The Morgan fingerprint density at radius 2 is 1.81 bits per heavy atom. The first-order valence-corrected chi connectivity index (χ1v) is 7.83. The normalized spacial score (nSPS) is 22.0.